The van der Waals surface area contributed by atoms with Gasteiger partial charge in [-0.1, -0.05) is 31.0 Å². The summed E-state index contributed by atoms with van der Waals surface area (Å²) in [4.78, 5) is 2.28. The Kier molecular flexibility index (Phi) is 4.79. The Balaban J connectivity index is 2.40. The van der Waals surface area contributed by atoms with Gasteiger partial charge in [-0.3, -0.25) is 4.21 Å². The van der Waals surface area contributed by atoms with Gasteiger partial charge in [-0.05, 0) is 23.8 Å². The third kappa shape index (κ3) is 3.42. The molecule has 2 rings (SSSR count). The zero-order valence-electron chi connectivity index (χ0n) is 12.7. The highest BCUT2D eigenvalue weighted by molar-refractivity contribution is 7.91. The quantitative estimate of drug-likeness (QED) is 0.580. The average Bonchev–Trinajstić information content (AvgIpc) is 2.67. The van der Waals surface area contributed by atoms with Gasteiger partial charge in [-0.2, -0.15) is 0 Å². The van der Waals surface area contributed by atoms with E-state index in [-0.39, 0.29) is 21.8 Å². The van der Waals surface area contributed by atoms with Gasteiger partial charge in [-0.25, -0.2) is 8.42 Å². The van der Waals surface area contributed by atoms with Crippen molar-refractivity contribution in [2.24, 2.45) is 0 Å². The second kappa shape index (κ2) is 6.14. The standard InChI is InChI=1S/C15H21NO4S2/c1-4-9-22(19,20)12-5-6-14-13(10-12)15(2,3)11-16(14)7-8-21(17)18/h4-6,10H,1,7-9,11H2,2-3H3,(H,17,18)/p-1. The SMILES string of the molecule is C=CCS(=O)(=O)c1ccc2c(c1)C(C)(C)CN2CCS(=O)[O-]. The topological polar surface area (TPSA) is 77.5 Å². The van der Waals surface area contributed by atoms with Crippen LogP contribution in [-0.2, 0) is 26.3 Å². The van der Waals surface area contributed by atoms with Gasteiger partial charge in [0.15, 0.2) is 9.84 Å². The summed E-state index contributed by atoms with van der Waals surface area (Å²) in [5, 5.41) is 0. The first-order valence-corrected chi connectivity index (χ1v) is 9.86. The van der Waals surface area contributed by atoms with Crippen LogP contribution < -0.4 is 4.90 Å². The van der Waals surface area contributed by atoms with Gasteiger partial charge in [0.2, 0.25) is 0 Å². The van der Waals surface area contributed by atoms with E-state index in [0.717, 1.165) is 11.3 Å². The van der Waals surface area contributed by atoms with Gasteiger partial charge in [0.25, 0.3) is 0 Å². The lowest BCUT2D eigenvalue weighted by molar-refractivity contribution is 0.530. The van der Waals surface area contributed by atoms with Crippen molar-refractivity contribution in [1.29, 1.82) is 0 Å². The number of hydrogen-bond donors (Lipinski definition) is 0. The van der Waals surface area contributed by atoms with Crippen molar-refractivity contribution in [3.8, 4) is 0 Å². The third-order valence-electron chi connectivity index (χ3n) is 3.85. The summed E-state index contributed by atoms with van der Waals surface area (Å²) in [7, 11) is -3.36. The summed E-state index contributed by atoms with van der Waals surface area (Å²) in [6.07, 6.45) is 1.38. The molecule has 22 heavy (non-hydrogen) atoms. The number of hydrogen-bond acceptors (Lipinski definition) is 5. The number of benzene rings is 1. The molecule has 122 valence electrons. The maximum atomic E-state index is 12.2. The van der Waals surface area contributed by atoms with Crippen LogP contribution in [0.4, 0.5) is 5.69 Å². The summed E-state index contributed by atoms with van der Waals surface area (Å²) in [5.74, 6) is -0.0306. The largest absolute Gasteiger partial charge is 0.772 e. The Bertz CT molecular complexity index is 710. The molecule has 1 aliphatic rings. The Hall–Kier alpha value is -1.18. The van der Waals surface area contributed by atoms with Gasteiger partial charge in [0.05, 0.1) is 10.6 Å². The van der Waals surface area contributed by atoms with Crippen LogP contribution >= 0.6 is 0 Å². The van der Waals surface area contributed by atoms with Crippen LogP contribution in [0.2, 0.25) is 0 Å². The third-order valence-corrected chi connectivity index (χ3v) is 6.01. The van der Waals surface area contributed by atoms with Crippen LogP contribution in [-0.4, -0.2) is 41.8 Å². The van der Waals surface area contributed by atoms with E-state index in [0.29, 0.717) is 13.1 Å². The summed E-state index contributed by atoms with van der Waals surface area (Å²) in [5.41, 5.74) is 1.63. The zero-order valence-corrected chi connectivity index (χ0v) is 14.4. The molecule has 0 saturated heterocycles. The molecular formula is C15H20NO4S2-. The first-order valence-electron chi connectivity index (χ1n) is 6.96. The summed E-state index contributed by atoms with van der Waals surface area (Å²) in [6.45, 7) is 8.62. The molecule has 1 aromatic carbocycles. The van der Waals surface area contributed by atoms with Crippen LogP contribution in [0.25, 0.3) is 0 Å². The van der Waals surface area contributed by atoms with E-state index in [2.05, 4.69) is 6.58 Å². The molecule has 1 unspecified atom stereocenters. The number of nitrogens with zero attached hydrogens (tertiary/aromatic N) is 1. The Morgan fingerprint density at radius 1 is 1.45 bits per heavy atom. The first-order chi connectivity index (χ1) is 10.2. The van der Waals surface area contributed by atoms with Crippen LogP contribution in [0.5, 0.6) is 0 Å². The highest BCUT2D eigenvalue weighted by Crippen LogP contribution is 2.41. The molecule has 0 N–H and O–H groups in total. The number of anilines is 1. The Labute approximate surface area is 134 Å². The molecule has 0 bridgehead atoms. The van der Waals surface area contributed by atoms with Crippen molar-refractivity contribution in [3.05, 3.63) is 36.4 Å². The molecule has 0 fully saturated rings. The average molecular weight is 342 g/mol. The normalized spacial score (nSPS) is 18.0. The minimum absolute atomic E-state index is 0.0615. The predicted octanol–water partition coefficient (Wildman–Crippen LogP) is 1.62. The lowest BCUT2D eigenvalue weighted by atomic mass is 9.87. The molecule has 1 heterocycles. The molecule has 0 amide bonds. The molecule has 0 aliphatic carbocycles. The minimum Gasteiger partial charge on any atom is -0.772 e. The van der Waals surface area contributed by atoms with Gasteiger partial charge < -0.3 is 9.45 Å². The molecule has 0 saturated carbocycles. The number of sulfone groups is 1. The molecule has 1 atom stereocenters. The van der Waals surface area contributed by atoms with Gasteiger partial charge in [0, 0.05) is 29.9 Å². The van der Waals surface area contributed by atoms with E-state index in [1.54, 1.807) is 18.2 Å². The molecule has 0 spiro atoms. The van der Waals surface area contributed by atoms with Crippen LogP contribution in [0.15, 0.2) is 35.7 Å². The summed E-state index contributed by atoms with van der Waals surface area (Å²) in [6, 6.07) is 5.07. The van der Waals surface area contributed by atoms with Crippen LogP contribution in [0.1, 0.15) is 19.4 Å². The number of fused-ring (bicyclic) bond motifs is 1. The molecule has 7 heteroatoms. The van der Waals surface area contributed by atoms with Crippen molar-refractivity contribution in [1.82, 2.24) is 0 Å². The van der Waals surface area contributed by atoms with Crippen molar-refractivity contribution >= 4 is 26.6 Å². The Morgan fingerprint density at radius 3 is 2.73 bits per heavy atom. The van der Waals surface area contributed by atoms with E-state index in [9.17, 15) is 17.2 Å². The smallest absolute Gasteiger partial charge is 0.181 e. The van der Waals surface area contributed by atoms with Gasteiger partial charge >= 0.3 is 0 Å². The van der Waals surface area contributed by atoms with Crippen LogP contribution in [0.3, 0.4) is 0 Å². The van der Waals surface area contributed by atoms with Crippen molar-refractivity contribution in [2.75, 3.05) is 29.5 Å². The van der Waals surface area contributed by atoms with E-state index in [4.69, 9.17) is 0 Å². The molecule has 1 aliphatic heterocycles. The van der Waals surface area contributed by atoms with Crippen molar-refractivity contribution in [3.63, 3.8) is 0 Å². The maximum absolute atomic E-state index is 12.2. The van der Waals surface area contributed by atoms with Gasteiger partial charge in [-0.15, -0.1) is 6.58 Å². The Morgan fingerprint density at radius 2 is 2.14 bits per heavy atom. The fourth-order valence-corrected chi connectivity index (χ4v) is 4.25. The van der Waals surface area contributed by atoms with E-state index < -0.39 is 20.9 Å². The second-order valence-corrected chi connectivity index (χ2v) is 9.11. The molecule has 0 radical (unpaired) electrons. The monoisotopic (exact) mass is 342 g/mol. The minimum atomic E-state index is -3.36. The summed E-state index contributed by atoms with van der Waals surface area (Å²) >= 11 is -2.08. The molecule has 0 aromatic heterocycles. The molecular weight excluding hydrogens is 322 g/mol. The lowest BCUT2D eigenvalue weighted by Crippen LogP contribution is -2.31. The highest BCUT2D eigenvalue weighted by atomic mass is 32.2. The van der Waals surface area contributed by atoms with Crippen molar-refractivity contribution in [2.45, 2.75) is 24.2 Å². The summed E-state index contributed by atoms with van der Waals surface area (Å²) < 4.78 is 45.9. The predicted molar refractivity (Wildman–Crippen MR) is 87.7 cm³/mol. The van der Waals surface area contributed by atoms with Crippen LogP contribution in [0, 0.1) is 0 Å². The molecule has 5 nitrogen and oxygen atoms in total. The molecule has 1 aromatic rings. The fourth-order valence-electron chi connectivity index (χ4n) is 2.81. The fraction of sp³-hybridized carbons (Fsp3) is 0.467. The first kappa shape index (κ1) is 17.2. The van der Waals surface area contributed by atoms with Gasteiger partial charge in [0.1, 0.15) is 0 Å². The van der Waals surface area contributed by atoms with Crippen molar-refractivity contribution < 1.29 is 17.2 Å². The highest BCUT2D eigenvalue weighted by Gasteiger charge is 2.35. The lowest BCUT2D eigenvalue weighted by Gasteiger charge is -2.22. The van der Waals surface area contributed by atoms with E-state index >= 15 is 0 Å². The zero-order chi connectivity index (χ0) is 16.5. The van der Waals surface area contributed by atoms with E-state index in [1.807, 2.05) is 18.7 Å². The maximum Gasteiger partial charge on any atom is 0.181 e. The second-order valence-electron chi connectivity index (χ2n) is 6.06. The number of rotatable bonds is 6. The van der Waals surface area contributed by atoms with E-state index in [1.165, 1.54) is 6.08 Å².